The van der Waals surface area contributed by atoms with Crippen molar-refractivity contribution in [3.8, 4) is 0 Å². The molecule has 1 aliphatic heterocycles. The summed E-state index contributed by atoms with van der Waals surface area (Å²) in [4.78, 5) is 14.1. The minimum atomic E-state index is -0.190. The van der Waals surface area contributed by atoms with E-state index in [9.17, 15) is 4.79 Å². The molecule has 1 aliphatic rings. The monoisotopic (exact) mass is 269 g/mol. The first-order valence-electron chi connectivity index (χ1n) is 6.16. The molecule has 100 valence electrons. The summed E-state index contributed by atoms with van der Waals surface area (Å²) in [7, 11) is 1.59. The molecule has 4 N–H and O–H groups in total. The van der Waals surface area contributed by atoms with Crippen LogP contribution in [0, 0.1) is 0 Å². The van der Waals surface area contributed by atoms with Gasteiger partial charge >= 0.3 is 0 Å². The van der Waals surface area contributed by atoms with Crippen LogP contribution in [0.5, 0.6) is 0 Å². The lowest BCUT2D eigenvalue weighted by Gasteiger charge is -2.14. The molecule has 1 amide bonds. The van der Waals surface area contributed by atoms with Gasteiger partial charge in [-0.25, -0.2) is 0 Å². The Bertz CT molecular complexity index is 414. The average molecular weight is 269 g/mol. The van der Waals surface area contributed by atoms with Crippen molar-refractivity contribution in [1.29, 1.82) is 0 Å². The zero-order chi connectivity index (χ0) is 13.0. The van der Waals surface area contributed by atoms with Crippen LogP contribution in [0.2, 0.25) is 0 Å². The molecule has 1 fully saturated rings. The summed E-state index contributed by atoms with van der Waals surface area (Å²) in [6, 6.07) is 0. The van der Waals surface area contributed by atoms with Gasteiger partial charge in [-0.15, -0.1) is 0 Å². The smallest absolute Gasteiger partial charge is 0.257 e. The van der Waals surface area contributed by atoms with Crippen LogP contribution in [-0.4, -0.2) is 48.4 Å². The highest BCUT2D eigenvalue weighted by Gasteiger charge is 2.18. The number of hydrogen-bond acceptors (Lipinski definition) is 6. The predicted molar refractivity (Wildman–Crippen MR) is 74.1 cm³/mol. The van der Waals surface area contributed by atoms with E-state index in [1.54, 1.807) is 7.05 Å². The Kier molecular flexibility index (Phi) is 4.38. The number of aromatic nitrogens is 1. The number of carbonyl (C=O) groups excluding carboxylic acids is 1. The Morgan fingerprint density at radius 1 is 1.50 bits per heavy atom. The number of carbonyl (C=O) groups is 1. The van der Waals surface area contributed by atoms with Gasteiger partial charge in [0.05, 0.1) is 0 Å². The van der Waals surface area contributed by atoms with Gasteiger partial charge in [0.15, 0.2) is 5.82 Å². The molecule has 0 radical (unpaired) electrons. The third-order valence-corrected chi connectivity index (χ3v) is 3.90. The third kappa shape index (κ3) is 2.91. The highest BCUT2D eigenvalue weighted by atomic mass is 32.1. The molecule has 1 aromatic rings. The summed E-state index contributed by atoms with van der Waals surface area (Å²) in [5.74, 6) is 0.105. The van der Waals surface area contributed by atoms with Crippen LogP contribution in [0.15, 0.2) is 0 Å². The van der Waals surface area contributed by atoms with E-state index in [0.717, 1.165) is 18.1 Å². The SMILES string of the molecule is CNC(=O)c1c(N)nsc1NCCN1CCCC1. The van der Waals surface area contributed by atoms with Crippen LogP contribution in [0.25, 0.3) is 0 Å². The maximum atomic E-state index is 11.7. The fourth-order valence-corrected chi connectivity index (χ4v) is 2.84. The van der Waals surface area contributed by atoms with Crippen LogP contribution in [0.4, 0.5) is 10.8 Å². The molecular formula is C11H19N5OS. The van der Waals surface area contributed by atoms with Gasteiger partial charge in [0.25, 0.3) is 5.91 Å². The van der Waals surface area contributed by atoms with E-state index in [0.29, 0.717) is 11.4 Å². The van der Waals surface area contributed by atoms with E-state index >= 15 is 0 Å². The second-order valence-electron chi connectivity index (χ2n) is 4.33. The predicted octanol–water partition coefficient (Wildman–Crippen LogP) is 0.593. The van der Waals surface area contributed by atoms with Crippen molar-refractivity contribution in [1.82, 2.24) is 14.6 Å². The molecule has 1 aromatic heterocycles. The fourth-order valence-electron chi connectivity index (χ4n) is 2.10. The molecule has 18 heavy (non-hydrogen) atoms. The molecular weight excluding hydrogens is 250 g/mol. The molecule has 0 spiro atoms. The van der Waals surface area contributed by atoms with Crippen LogP contribution < -0.4 is 16.4 Å². The van der Waals surface area contributed by atoms with E-state index in [1.165, 1.54) is 37.5 Å². The maximum Gasteiger partial charge on any atom is 0.257 e. The molecule has 0 saturated carbocycles. The summed E-state index contributed by atoms with van der Waals surface area (Å²) < 4.78 is 4.02. The number of nitrogens with two attached hydrogens (primary N) is 1. The molecule has 0 aliphatic carbocycles. The minimum absolute atomic E-state index is 0.190. The van der Waals surface area contributed by atoms with Gasteiger partial charge in [0, 0.05) is 20.1 Å². The average Bonchev–Trinajstić information content (AvgIpc) is 2.99. The van der Waals surface area contributed by atoms with Crippen LogP contribution in [-0.2, 0) is 0 Å². The third-order valence-electron chi connectivity index (χ3n) is 3.08. The molecule has 6 nitrogen and oxygen atoms in total. The van der Waals surface area contributed by atoms with E-state index < -0.39 is 0 Å². The zero-order valence-corrected chi connectivity index (χ0v) is 11.3. The number of nitrogen functional groups attached to an aromatic ring is 1. The number of rotatable bonds is 5. The second kappa shape index (κ2) is 6.01. The minimum Gasteiger partial charge on any atom is -0.382 e. The number of hydrogen-bond donors (Lipinski definition) is 3. The van der Waals surface area contributed by atoms with Crippen molar-refractivity contribution in [2.45, 2.75) is 12.8 Å². The quantitative estimate of drug-likeness (QED) is 0.729. The highest BCUT2D eigenvalue weighted by molar-refractivity contribution is 7.11. The van der Waals surface area contributed by atoms with Crippen molar-refractivity contribution in [2.24, 2.45) is 0 Å². The second-order valence-corrected chi connectivity index (χ2v) is 5.10. The molecule has 7 heteroatoms. The topological polar surface area (TPSA) is 83.3 Å². The number of nitrogens with zero attached hydrogens (tertiary/aromatic N) is 2. The maximum absolute atomic E-state index is 11.7. The van der Waals surface area contributed by atoms with E-state index in [-0.39, 0.29) is 5.91 Å². The molecule has 1 saturated heterocycles. The van der Waals surface area contributed by atoms with Crippen molar-refractivity contribution in [3.05, 3.63) is 5.56 Å². The Morgan fingerprint density at radius 2 is 2.22 bits per heavy atom. The number of likely N-dealkylation sites (tertiary alicyclic amines) is 1. The molecule has 0 aromatic carbocycles. The lowest BCUT2D eigenvalue weighted by Crippen LogP contribution is -2.26. The Labute approximate surface area is 111 Å². The number of anilines is 2. The van der Waals surface area contributed by atoms with Gasteiger partial charge in [0.1, 0.15) is 10.6 Å². The number of nitrogens with one attached hydrogen (secondary N) is 2. The fraction of sp³-hybridized carbons (Fsp3) is 0.636. The van der Waals surface area contributed by atoms with E-state index in [4.69, 9.17) is 5.73 Å². The Balaban J connectivity index is 1.90. The summed E-state index contributed by atoms with van der Waals surface area (Å²) in [5.41, 5.74) is 6.16. The molecule has 0 atom stereocenters. The summed E-state index contributed by atoms with van der Waals surface area (Å²) >= 11 is 1.24. The van der Waals surface area contributed by atoms with Crippen LogP contribution >= 0.6 is 11.5 Å². The van der Waals surface area contributed by atoms with Gasteiger partial charge in [-0.05, 0) is 37.5 Å². The first-order chi connectivity index (χ1) is 8.72. The van der Waals surface area contributed by atoms with Crippen LogP contribution in [0.1, 0.15) is 23.2 Å². The van der Waals surface area contributed by atoms with Gasteiger partial charge in [-0.1, -0.05) is 0 Å². The first-order valence-corrected chi connectivity index (χ1v) is 6.93. The van der Waals surface area contributed by atoms with Gasteiger partial charge < -0.3 is 21.3 Å². The standard InChI is InChI=1S/C11H19N5OS/c1-13-10(17)8-9(12)15-18-11(8)14-4-7-16-5-2-3-6-16/h14H,2-7H2,1H3,(H2,12,15)(H,13,17). The highest BCUT2D eigenvalue weighted by Crippen LogP contribution is 2.26. The molecule has 0 unspecified atom stereocenters. The van der Waals surface area contributed by atoms with Gasteiger partial charge in [-0.2, -0.15) is 4.37 Å². The number of amides is 1. The van der Waals surface area contributed by atoms with Crippen molar-refractivity contribution in [2.75, 3.05) is 44.3 Å². The van der Waals surface area contributed by atoms with E-state index in [1.807, 2.05) is 0 Å². The van der Waals surface area contributed by atoms with Crippen molar-refractivity contribution < 1.29 is 4.79 Å². The normalized spacial score (nSPS) is 15.8. The lowest BCUT2D eigenvalue weighted by molar-refractivity contribution is 0.0965. The summed E-state index contributed by atoms with van der Waals surface area (Å²) in [5, 5.41) is 6.58. The molecule has 2 heterocycles. The van der Waals surface area contributed by atoms with Crippen LogP contribution in [0.3, 0.4) is 0 Å². The largest absolute Gasteiger partial charge is 0.382 e. The van der Waals surface area contributed by atoms with Gasteiger partial charge in [-0.3, -0.25) is 4.79 Å². The lowest BCUT2D eigenvalue weighted by atomic mass is 10.3. The van der Waals surface area contributed by atoms with Crippen molar-refractivity contribution >= 4 is 28.3 Å². The summed E-state index contributed by atoms with van der Waals surface area (Å²) in [6.07, 6.45) is 2.58. The van der Waals surface area contributed by atoms with Gasteiger partial charge in [0.2, 0.25) is 0 Å². The summed E-state index contributed by atoms with van der Waals surface area (Å²) in [6.45, 7) is 4.15. The molecule has 0 bridgehead atoms. The Morgan fingerprint density at radius 3 is 2.89 bits per heavy atom. The van der Waals surface area contributed by atoms with E-state index in [2.05, 4.69) is 19.9 Å². The zero-order valence-electron chi connectivity index (χ0n) is 10.5. The van der Waals surface area contributed by atoms with Crippen molar-refractivity contribution in [3.63, 3.8) is 0 Å². The first kappa shape index (κ1) is 13.1. The Hall–Kier alpha value is -1.34. The molecule has 2 rings (SSSR count).